The molecule has 12 heteroatoms. The highest BCUT2D eigenvalue weighted by Crippen LogP contribution is 2.51. The van der Waals surface area contributed by atoms with E-state index < -0.39 is 0 Å². The van der Waals surface area contributed by atoms with Gasteiger partial charge in [0.05, 0.1) is 0 Å². The van der Waals surface area contributed by atoms with Crippen LogP contribution in [0.2, 0.25) is 0 Å². The smallest absolute Gasteiger partial charge is 0.270 e. The van der Waals surface area contributed by atoms with E-state index in [1.54, 1.807) is 16.4 Å². The van der Waals surface area contributed by atoms with Gasteiger partial charge in [0.1, 0.15) is 34.5 Å². The molecule has 0 amide bonds. The zero-order valence-electron chi connectivity index (χ0n) is 47.5. The highest BCUT2D eigenvalue weighted by atomic mass is 32.2. The van der Waals surface area contributed by atoms with Crippen LogP contribution < -0.4 is 78.1 Å². The van der Waals surface area contributed by atoms with Crippen LogP contribution in [0.5, 0.6) is 34.5 Å². The molecule has 408 valence electrons. The number of nitrogens with zero attached hydrogens (tertiary/aromatic N) is 3. The molecule has 6 nitrogen and oxygen atoms in total. The topological polar surface area (TPSA) is 37.4 Å². The summed E-state index contributed by atoms with van der Waals surface area (Å²) < 4.78 is 18.5. The lowest BCUT2D eigenvalue weighted by Gasteiger charge is -2.49. The van der Waals surface area contributed by atoms with Gasteiger partial charge in [-0.1, -0.05) is 126 Å². The number of hydrogen-bond donors (Lipinski definition) is 0. The molecule has 0 atom stereocenters. The summed E-state index contributed by atoms with van der Waals surface area (Å²) in [6.07, 6.45) is 0. The molecule has 0 saturated carbocycles. The van der Waals surface area contributed by atoms with Crippen molar-refractivity contribution in [2.75, 3.05) is 14.7 Å². The van der Waals surface area contributed by atoms with Crippen molar-refractivity contribution >= 4 is 156 Å². The van der Waals surface area contributed by atoms with E-state index in [9.17, 15) is 0 Å². The monoisotopic (exact) mass is 1170 g/mol. The van der Waals surface area contributed by atoms with Crippen LogP contribution in [-0.4, -0.2) is 20.1 Å². The maximum atomic E-state index is 6.17. The molecule has 0 radical (unpaired) electrons. The molecular formula is C75H48B3N3O3S3. The largest absolute Gasteiger partial charge is 0.458 e. The number of hydrogen-bond acceptors (Lipinski definition) is 9. The normalized spacial score (nSPS) is 14.4. The van der Waals surface area contributed by atoms with E-state index in [0.29, 0.717) is 6.71 Å². The second-order valence-corrected chi connectivity index (χ2v) is 26.8. The van der Waals surface area contributed by atoms with E-state index in [-0.39, 0.29) is 13.4 Å². The van der Waals surface area contributed by atoms with Crippen molar-refractivity contribution in [1.82, 2.24) is 0 Å². The van der Waals surface area contributed by atoms with Crippen molar-refractivity contribution in [1.29, 1.82) is 0 Å². The minimum atomic E-state index is 0.120. The van der Waals surface area contributed by atoms with Crippen LogP contribution in [-0.2, 0) is 0 Å². The third-order valence-electron chi connectivity index (χ3n) is 18.4. The Balaban J connectivity index is 0.000000102. The molecular weight excluding hydrogens is 1120 g/mol. The predicted molar refractivity (Wildman–Crippen MR) is 363 cm³/mol. The van der Waals surface area contributed by atoms with Crippen molar-refractivity contribution in [3.05, 3.63) is 253 Å². The molecule has 9 aliphatic heterocycles. The summed E-state index contributed by atoms with van der Waals surface area (Å²) in [4.78, 5) is 16.1. The lowest BCUT2D eigenvalue weighted by atomic mass is 9.31. The van der Waals surface area contributed by atoms with Crippen LogP contribution in [0.1, 0.15) is 16.7 Å². The lowest BCUT2D eigenvalue weighted by Crippen LogP contribution is -2.64. The van der Waals surface area contributed by atoms with Crippen molar-refractivity contribution in [2.24, 2.45) is 0 Å². The molecule has 0 aromatic heterocycles. The summed E-state index contributed by atoms with van der Waals surface area (Å²) in [6.45, 7) is 7.19. The van der Waals surface area contributed by atoms with Gasteiger partial charge in [-0.05, 0) is 216 Å². The van der Waals surface area contributed by atoms with Crippen LogP contribution in [0.3, 0.4) is 0 Å². The fourth-order valence-corrected chi connectivity index (χ4v) is 19.2. The Hall–Kier alpha value is -9.32. The van der Waals surface area contributed by atoms with Gasteiger partial charge in [0, 0.05) is 96.9 Å². The number of anilines is 9. The van der Waals surface area contributed by atoms with Gasteiger partial charge in [-0.3, -0.25) is 0 Å². The summed E-state index contributed by atoms with van der Waals surface area (Å²) in [5.74, 6) is 5.26. The highest BCUT2D eigenvalue weighted by Gasteiger charge is 2.50. The first-order valence-corrected chi connectivity index (χ1v) is 32.2. The lowest BCUT2D eigenvalue weighted by molar-refractivity contribution is 0.442. The molecule has 0 fully saturated rings. The molecule has 9 heterocycles. The Labute approximate surface area is 519 Å². The van der Waals surface area contributed by atoms with Crippen LogP contribution in [0.25, 0.3) is 0 Å². The Bertz CT molecular complexity index is 4550. The zero-order chi connectivity index (χ0) is 57.3. The van der Waals surface area contributed by atoms with Crippen LogP contribution in [0.4, 0.5) is 51.2 Å². The Morgan fingerprint density at radius 2 is 0.529 bits per heavy atom. The van der Waals surface area contributed by atoms with Gasteiger partial charge in [-0.15, -0.1) is 0 Å². The van der Waals surface area contributed by atoms with Gasteiger partial charge >= 0.3 is 0 Å². The van der Waals surface area contributed by atoms with Gasteiger partial charge in [0.2, 0.25) is 6.71 Å². The fraction of sp³-hybridized carbons (Fsp3) is 0.0400. The quantitative estimate of drug-likeness (QED) is 0.161. The van der Waals surface area contributed by atoms with Crippen molar-refractivity contribution in [3.63, 3.8) is 0 Å². The van der Waals surface area contributed by atoms with Gasteiger partial charge in [-0.2, -0.15) is 0 Å². The third-order valence-corrected chi connectivity index (χ3v) is 21.8. The van der Waals surface area contributed by atoms with Crippen molar-refractivity contribution in [3.8, 4) is 34.5 Å². The second-order valence-electron chi connectivity index (χ2n) is 23.6. The molecule has 0 spiro atoms. The minimum absolute atomic E-state index is 0.120. The SMILES string of the molecule is Cc1cc2c3c(c1)N(c1ccccc1)c1cccc4c1B3c1c(cccc1N2c1ccccc1)N4c1ccccc1.Cc1cc2c3c(c1)Oc1cccc4c1B3c1c(cccc1O2)O4.Cc1cc2c3c(c1)Sc1cccc4c1B3c1c(cccc1S2)S4. The molecule has 9 aliphatic rings. The molecule has 12 aromatic carbocycles. The number of para-hydroxylation sites is 3. The number of rotatable bonds is 3. The van der Waals surface area contributed by atoms with E-state index in [0.717, 1.165) is 56.4 Å². The van der Waals surface area contributed by atoms with Gasteiger partial charge < -0.3 is 28.9 Å². The maximum absolute atomic E-state index is 6.17. The van der Waals surface area contributed by atoms with Crippen molar-refractivity contribution in [2.45, 2.75) is 50.1 Å². The van der Waals surface area contributed by atoms with Gasteiger partial charge in [0.25, 0.3) is 13.4 Å². The predicted octanol–water partition coefficient (Wildman–Crippen LogP) is 14.6. The maximum Gasteiger partial charge on any atom is 0.270 e. The first kappa shape index (κ1) is 49.9. The van der Waals surface area contributed by atoms with E-state index in [1.807, 2.05) is 71.7 Å². The Morgan fingerprint density at radius 3 is 0.954 bits per heavy atom. The van der Waals surface area contributed by atoms with Crippen molar-refractivity contribution < 1.29 is 14.2 Å². The molecule has 0 N–H and O–H groups in total. The van der Waals surface area contributed by atoms with Crippen LogP contribution in [0.15, 0.2) is 266 Å². The summed E-state index contributed by atoms with van der Waals surface area (Å²) >= 11 is 5.85. The third kappa shape index (κ3) is 7.26. The standard InChI is InChI=1S/C37H26BN3.C19H11BO3.C19H11BS3/c1-25-23-33-37-34(24-25)41(28-17-9-4-10-18-28)32-22-12-20-30-36(32)38(37)35-29(39(30)26-13-5-2-6-14-26)19-11-21-31(35)40(33)27-15-7-3-8-16-27;2*1-10-8-15-19-16(9-10)23-14-7-3-5-12-18(14)20(19)17-11(21-12)4-2-6-13(17)22-15/h2-24H,1H3;2*2-9H,1H3. The first-order chi connectivity index (χ1) is 42.9. The second kappa shape index (κ2) is 18.8. The average Bonchev–Trinajstić information content (AvgIpc) is 0.734. The highest BCUT2D eigenvalue weighted by molar-refractivity contribution is 8.02. The van der Waals surface area contributed by atoms with Crippen LogP contribution in [0, 0.1) is 20.8 Å². The molecule has 87 heavy (non-hydrogen) atoms. The molecule has 12 aromatic rings. The summed E-state index contributed by atoms with van der Waals surface area (Å²) in [5.41, 5.74) is 26.8. The van der Waals surface area contributed by atoms with E-state index in [1.165, 1.54) is 108 Å². The first-order valence-electron chi connectivity index (χ1n) is 29.7. The average molecular weight is 1170 g/mol. The van der Waals surface area contributed by atoms with E-state index in [2.05, 4.69) is 236 Å². The Kier molecular flexibility index (Phi) is 10.8. The summed E-state index contributed by atoms with van der Waals surface area (Å²) in [5, 5.41) is 0. The minimum Gasteiger partial charge on any atom is -0.458 e. The van der Waals surface area contributed by atoms with E-state index in [4.69, 9.17) is 14.2 Å². The van der Waals surface area contributed by atoms with Crippen LogP contribution >= 0.6 is 35.3 Å². The van der Waals surface area contributed by atoms with Gasteiger partial charge in [-0.25, -0.2) is 0 Å². The Morgan fingerprint density at radius 1 is 0.241 bits per heavy atom. The summed E-state index contributed by atoms with van der Waals surface area (Å²) in [7, 11) is 0. The molecule has 21 rings (SSSR count). The van der Waals surface area contributed by atoms with Gasteiger partial charge in [0.15, 0.2) is 0 Å². The molecule has 0 aliphatic carbocycles. The fourth-order valence-electron chi connectivity index (χ4n) is 15.2. The zero-order valence-corrected chi connectivity index (χ0v) is 50.0. The number of benzene rings is 12. The molecule has 0 saturated heterocycles. The number of aryl methyl sites for hydroxylation is 3. The molecule has 0 unspecified atom stereocenters. The van der Waals surface area contributed by atoms with E-state index >= 15 is 0 Å². The summed E-state index contributed by atoms with van der Waals surface area (Å²) in [6, 6.07) is 85.3. The molecule has 0 bridgehead atoms. The number of ether oxygens (including phenoxy) is 3.